The molecule has 2 N–H and O–H groups in total. The van der Waals surface area contributed by atoms with E-state index in [0.29, 0.717) is 13.2 Å². The lowest BCUT2D eigenvalue weighted by Crippen LogP contribution is -2.43. The molecule has 3 nitrogen and oxygen atoms in total. The molecule has 1 aliphatic rings. The van der Waals surface area contributed by atoms with Gasteiger partial charge >= 0.3 is 0 Å². The molecule has 1 fully saturated rings. The zero-order chi connectivity index (χ0) is 12.8. The van der Waals surface area contributed by atoms with Crippen LogP contribution in [0, 0.1) is 6.92 Å². The highest BCUT2D eigenvalue weighted by Crippen LogP contribution is 2.25. The van der Waals surface area contributed by atoms with Gasteiger partial charge < -0.3 is 10.5 Å². The van der Waals surface area contributed by atoms with Gasteiger partial charge in [0.1, 0.15) is 0 Å². The van der Waals surface area contributed by atoms with Crippen LogP contribution in [0.5, 0.6) is 0 Å². The number of hydrogen-bond acceptors (Lipinski definition) is 3. The lowest BCUT2D eigenvalue weighted by Gasteiger charge is -2.27. The number of aromatic nitrogens is 1. The van der Waals surface area contributed by atoms with Gasteiger partial charge in [-0.05, 0) is 30.9 Å². The van der Waals surface area contributed by atoms with Crippen molar-refractivity contribution in [2.45, 2.75) is 57.6 Å². The van der Waals surface area contributed by atoms with Crippen molar-refractivity contribution in [3.05, 3.63) is 29.6 Å². The summed E-state index contributed by atoms with van der Waals surface area (Å²) >= 11 is 0. The highest BCUT2D eigenvalue weighted by atomic mass is 16.5. The van der Waals surface area contributed by atoms with Crippen LogP contribution in [0.1, 0.15) is 49.7 Å². The first-order valence-electron chi connectivity index (χ1n) is 6.95. The smallest absolute Gasteiger partial charge is 0.0732 e. The number of hydrogen-bond donors (Lipinski definition) is 1. The molecule has 1 heterocycles. The number of pyridine rings is 1. The molecule has 0 unspecified atom stereocenters. The van der Waals surface area contributed by atoms with Crippen molar-refractivity contribution in [1.82, 2.24) is 4.98 Å². The van der Waals surface area contributed by atoms with Gasteiger partial charge in [0.25, 0.3) is 0 Å². The molecule has 1 aromatic rings. The Morgan fingerprint density at radius 3 is 2.61 bits per heavy atom. The zero-order valence-corrected chi connectivity index (χ0v) is 11.3. The van der Waals surface area contributed by atoms with Gasteiger partial charge in [-0.15, -0.1) is 0 Å². The van der Waals surface area contributed by atoms with Crippen LogP contribution in [0.25, 0.3) is 0 Å². The lowest BCUT2D eigenvalue weighted by atomic mass is 9.93. The van der Waals surface area contributed by atoms with Crippen LogP contribution in [0.3, 0.4) is 0 Å². The maximum Gasteiger partial charge on any atom is 0.0732 e. The molecule has 1 aromatic heterocycles. The fourth-order valence-corrected chi connectivity index (χ4v) is 2.65. The summed E-state index contributed by atoms with van der Waals surface area (Å²) < 4.78 is 5.81. The predicted octanol–water partition coefficient (Wildman–Crippen LogP) is 2.96. The number of nitrogens with two attached hydrogens (primary N) is 1. The summed E-state index contributed by atoms with van der Waals surface area (Å²) in [6.45, 7) is 3.33. The van der Waals surface area contributed by atoms with Crippen LogP contribution in [0.2, 0.25) is 0 Å². The van der Waals surface area contributed by atoms with E-state index in [2.05, 4.69) is 11.1 Å². The molecular formula is C15H24N2O. The van der Waals surface area contributed by atoms with Gasteiger partial charge in [-0.2, -0.15) is 0 Å². The SMILES string of the molecule is Cc1cncc(COCC2(N)CCCCCC2)c1. The summed E-state index contributed by atoms with van der Waals surface area (Å²) in [5.41, 5.74) is 8.61. The summed E-state index contributed by atoms with van der Waals surface area (Å²) in [6, 6.07) is 2.11. The van der Waals surface area contributed by atoms with Crippen molar-refractivity contribution in [2.24, 2.45) is 5.73 Å². The van der Waals surface area contributed by atoms with Gasteiger partial charge in [0, 0.05) is 17.9 Å². The van der Waals surface area contributed by atoms with Crippen LogP contribution >= 0.6 is 0 Å². The van der Waals surface area contributed by atoms with E-state index in [1.165, 1.54) is 31.2 Å². The Labute approximate surface area is 110 Å². The standard InChI is InChI=1S/C15H24N2O/c1-13-8-14(10-17-9-13)11-18-12-15(16)6-4-2-3-5-7-15/h8-10H,2-7,11-12,16H2,1H3. The van der Waals surface area contributed by atoms with Crippen LogP contribution in [0.15, 0.2) is 18.5 Å². The van der Waals surface area contributed by atoms with E-state index in [4.69, 9.17) is 10.5 Å². The normalized spacial score (nSPS) is 19.4. The fourth-order valence-electron chi connectivity index (χ4n) is 2.65. The lowest BCUT2D eigenvalue weighted by molar-refractivity contribution is 0.0665. The van der Waals surface area contributed by atoms with Crippen molar-refractivity contribution < 1.29 is 4.74 Å². The van der Waals surface area contributed by atoms with Crippen LogP contribution < -0.4 is 5.73 Å². The molecule has 18 heavy (non-hydrogen) atoms. The average Bonchev–Trinajstić information content (AvgIpc) is 2.55. The molecule has 3 heteroatoms. The van der Waals surface area contributed by atoms with Crippen molar-refractivity contribution >= 4 is 0 Å². The highest BCUT2D eigenvalue weighted by Gasteiger charge is 2.26. The number of nitrogens with zero attached hydrogens (tertiary/aromatic N) is 1. The number of aryl methyl sites for hydroxylation is 1. The Morgan fingerprint density at radius 1 is 1.22 bits per heavy atom. The molecule has 0 spiro atoms. The summed E-state index contributed by atoms with van der Waals surface area (Å²) in [7, 11) is 0. The third kappa shape index (κ3) is 4.07. The summed E-state index contributed by atoms with van der Waals surface area (Å²) in [6.07, 6.45) is 11.0. The maximum absolute atomic E-state index is 6.41. The summed E-state index contributed by atoms with van der Waals surface area (Å²) in [5.74, 6) is 0. The summed E-state index contributed by atoms with van der Waals surface area (Å²) in [4.78, 5) is 4.17. The second-order valence-corrected chi connectivity index (χ2v) is 5.64. The zero-order valence-electron chi connectivity index (χ0n) is 11.3. The van der Waals surface area contributed by atoms with Crippen LogP contribution in [-0.2, 0) is 11.3 Å². The van der Waals surface area contributed by atoms with Gasteiger partial charge in [0.15, 0.2) is 0 Å². The van der Waals surface area contributed by atoms with Crippen molar-refractivity contribution in [3.8, 4) is 0 Å². The Hall–Kier alpha value is -0.930. The minimum atomic E-state index is -0.103. The highest BCUT2D eigenvalue weighted by molar-refractivity contribution is 5.15. The molecule has 0 aliphatic heterocycles. The Kier molecular flexibility index (Phi) is 4.72. The molecule has 0 amide bonds. The van der Waals surface area contributed by atoms with E-state index in [1.807, 2.05) is 19.3 Å². The van der Waals surface area contributed by atoms with Crippen molar-refractivity contribution in [3.63, 3.8) is 0 Å². The van der Waals surface area contributed by atoms with Crippen molar-refractivity contribution in [2.75, 3.05) is 6.61 Å². The molecule has 1 aliphatic carbocycles. The van der Waals surface area contributed by atoms with E-state index >= 15 is 0 Å². The van der Waals surface area contributed by atoms with E-state index in [1.54, 1.807) is 0 Å². The van der Waals surface area contributed by atoms with Crippen LogP contribution in [0.4, 0.5) is 0 Å². The van der Waals surface area contributed by atoms with Gasteiger partial charge in [-0.3, -0.25) is 4.98 Å². The second kappa shape index (κ2) is 6.30. The first-order chi connectivity index (χ1) is 8.68. The third-order valence-corrected chi connectivity index (χ3v) is 3.69. The van der Waals surface area contributed by atoms with E-state index in [-0.39, 0.29) is 5.54 Å². The van der Waals surface area contributed by atoms with E-state index in [9.17, 15) is 0 Å². The Bertz CT molecular complexity index is 371. The monoisotopic (exact) mass is 248 g/mol. The van der Waals surface area contributed by atoms with Gasteiger partial charge in [-0.1, -0.05) is 31.7 Å². The number of ether oxygens (including phenoxy) is 1. The van der Waals surface area contributed by atoms with Gasteiger partial charge in [-0.25, -0.2) is 0 Å². The molecular weight excluding hydrogens is 224 g/mol. The topological polar surface area (TPSA) is 48.1 Å². The molecule has 1 saturated carbocycles. The molecule has 0 saturated heterocycles. The Balaban J connectivity index is 1.80. The third-order valence-electron chi connectivity index (χ3n) is 3.69. The summed E-state index contributed by atoms with van der Waals surface area (Å²) in [5, 5.41) is 0. The first kappa shape index (κ1) is 13.5. The average molecular weight is 248 g/mol. The molecule has 2 rings (SSSR count). The quantitative estimate of drug-likeness (QED) is 0.833. The van der Waals surface area contributed by atoms with E-state index in [0.717, 1.165) is 18.4 Å². The Morgan fingerprint density at radius 2 is 1.94 bits per heavy atom. The molecule has 100 valence electrons. The second-order valence-electron chi connectivity index (χ2n) is 5.64. The molecule has 0 aromatic carbocycles. The first-order valence-corrected chi connectivity index (χ1v) is 6.95. The van der Waals surface area contributed by atoms with Gasteiger partial charge in [0.05, 0.1) is 13.2 Å². The van der Waals surface area contributed by atoms with E-state index < -0.39 is 0 Å². The largest absolute Gasteiger partial charge is 0.375 e. The number of rotatable bonds is 4. The molecule has 0 bridgehead atoms. The minimum Gasteiger partial charge on any atom is -0.375 e. The maximum atomic E-state index is 6.41. The fraction of sp³-hybridized carbons (Fsp3) is 0.667. The molecule has 0 radical (unpaired) electrons. The van der Waals surface area contributed by atoms with Crippen molar-refractivity contribution in [1.29, 1.82) is 0 Å². The molecule has 0 atom stereocenters. The van der Waals surface area contributed by atoms with Gasteiger partial charge in [0.2, 0.25) is 0 Å². The van der Waals surface area contributed by atoms with Crippen LogP contribution in [-0.4, -0.2) is 17.1 Å². The predicted molar refractivity (Wildman–Crippen MR) is 73.3 cm³/mol. The minimum absolute atomic E-state index is 0.103.